The standard InChI is InChI=1S/C16H16N2O4/c1-21-15(19)13(9-17)7-11-4-3-5-12(6-11)8-14(10-18)16(20)22-2/h3-6,13-14H,7-8H2,1-2H3. The molecule has 6 heteroatoms. The number of carbonyl (C=O) groups is 2. The lowest BCUT2D eigenvalue weighted by Crippen LogP contribution is -2.18. The maximum Gasteiger partial charge on any atom is 0.323 e. The van der Waals surface area contributed by atoms with Crippen LogP contribution < -0.4 is 0 Å². The average Bonchev–Trinajstić information content (AvgIpc) is 2.56. The lowest BCUT2D eigenvalue weighted by atomic mass is 9.95. The van der Waals surface area contributed by atoms with Crippen LogP contribution in [-0.2, 0) is 31.9 Å². The maximum atomic E-state index is 11.4. The van der Waals surface area contributed by atoms with Gasteiger partial charge in [0, 0.05) is 0 Å². The van der Waals surface area contributed by atoms with Crippen LogP contribution in [0.15, 0.2) is 24.3 Å². The van der Waals surface area contributed by atoms with Gasteiger partial charge in [0.1, 0.15) is 11.8 Å². The largest absolute Gasteiger partial charge is 0.468 e. The third-order valence-electron chi connectivity index (χ3n) is 3.15. The normalized spacial score (nSPS) is 12.4. The molecule has 0 heterocycles. The van der Waals surface area contributed by atoms with Crippen molar-refractivity contribution < 1.29 is 19.1 Å². The van der Waals surface area contributed by atoms with E-state index in [-0.39, 0.29) is 12.8 Å². The minimum Gasteiger partial charge on any atom is -0.468 e. The summed E-state index contributed by atoms with van der Waals surface area (Å²) in [5.41, 5.74) is 1.52. The summed E-state index contributed by atoms with van der Waals surface area (Å²) in [5, 5.41) is 18.0. The van der Waals surface area contributed by atoms with Crippen molar-refractivity contribution in [2.24, 2.45) is 11.8 Å². The zero-order valence-corrected chi connectivity index (χ0v) is 12.4. The van der Waals surface area contributed by atoms with Gasteiger partial charge in [-0.05, 0) is 24.0 Å². The van der Waals surface area contributed by atoms with Crippen molar-refractivity contribution in [1.29, 1.82) is 10.5 Å². The maximum absolute atomic E-state index is 11.4. The number of methoxy groups -OCH3 is 2. The third-order valence-corrected chi connectivity index (χ3v) is 3.15. The zero-order chi connectivity index (χ0) is 16.5. The van der Waals surface area contributed by atoms with Gasteiger partial charge in [0.25, 0.3) is 0 Å². The SMILES string of the molecule is COC(=O)C(C#N)Cc1cccc(CC(C#N)C(=O)OC)c1. The molecule has 0 fully saturated rings. The van der Waals surface area contributed by atoms with Crippen LogP contribution in [0.25, 0.3) is 0 Å². The second-order valence-electron chi connectivity index (χ2n) is 4.64. The molecule has 0 saturated carbocycles. The number of ether oxygens (including phenoxy) is 2. The molecule has 6 nitrogen and oxygen atoms in total. The number of benzene rings is 1. The van der Waals surface area contributed by atoms with Crippen molar-refractivity contribution in [3.05, 3.63) is 35.4 Å². The molecule has 1 aromatic rings. The highest BCUT2D eigenvalue weighted by Gasteiger charge is 2.21. The Kier molecular flexibility index (Phi) is 6.59. The van der Waals surface area contributed by atoms with Crippen LogP contribution in [0, 0.1) is 34.5 Å². The van der Waals surface area contributed by atoms with E-state index in [9.17, 15) is 9.59 Å². The van der Waals surface area contributed by atoms with E-state index in [1.165, 1.54) is 14.2 Å². The van der Waals surface area contributed by atoms with Gasteiger partial charge in [0.2, 0.25) is 0 Å². The predicted octanol–water partition coefficient (Wildman–Crippen LogP) is 1.40. The van der Waals surface area contributed by atoms with Crippen molar-refractivity contribution in [2.45, 2.75) is 12.8 Å². The Morgan fingerprint density at radius 3 is 1.73 bits per heavy atom. The van der Waals surface area contributed by atoms with Gasteiger partial charge in [-0.2, -0.15) is 10.5 Å². The highest BCUT2D eigenvalue weighted by molar-refractivity contribution is 5.76. The first kappa shape index (κ1) is 17.2. The molecule has 0 N–H and O–H groups in total. The highest BCUT2D eigenvalue weighted by Crippen LogP contribution is 2.15. The molecule has 0 aliphatic rings. The summed E-state index contributed by atoms with van der Waals surface area (Å²) in [6, 6.07) is 10.9. The number of esters is 2. The Bertz CT molecular complexity index is 577. The van der Waals surface area contributed by atoms with E-state index >= 15 is 0 Å². The van der Waals surface area contributed by atoms with Crippen LogP contribution >= 0.6 is 0 Å². The van der Waals surface area contributed by atoms with Crippen LogP contribution in [-0.4, -0.2) is 26.2 Å². The molecular weight excluding hydrogens is 284 g/mol. The van der Waals surface area contributed by atoms with Gasteiger partial charge in [-0.1, -0.05) is 24.3 Å². The lowest BCUT2D eigenvalue weighted by Gasteiger charge is -2.10. The Balaban J connectivity index is 2.86. The van der Waals surface area contributed by atoms with Gasteiger partial charge in [0.05, 0.1) is 26.4 Å². The van der Waals surface area contributed by atoms with E-state index in [1.54, 1.807) is 24.3 Å². The van der Waals surface area contributed by atoms with Gasteiger partial charge in [-0.25, -0.2) is 0 Å². The Labute approximate surface area is 128 Å². The molecule has 114 valence electrons. The molecule has 0 radical (unpaired) electrons. The van der Waals surface area contributed by atoms with Gasteiger partial charge in [0.15, 0.2) is 0 Å². The summed E-state index contributed by atoms with van der Waals surface area (Å²) in [6.07, 6.45) is 0.429. The molecule has 22 heavy (non-hydrogen) atoms. The number of nitrogens with zero attached hydrogens (tertiary/aromatic N) is 2. The summed E-state index contributed by atoms with van der Waals surface area (Å²) in [7, 11) is 2.47. The number of nitriles is 2. The summed E-state index contributed by atoms with van der Waals surface area (Å²) in [5.74, 6) is -2.94. The third kappa shape index (κ3) is 4.60. The Morgan fingerprint density at radius 1 is 1.00 bits per heavy atom. The number of hydrogen-bond acceptors (Lipinski definition) is 6. The zero-order valence-electron chi connectivity index (χ0n) is 12.4. The van der Waals surface area contributed by atoms with Gasteiger partial charge >= 0.3 is 11.9 Å². The molecular formula is C16H16N2O4. The molecule has 0 aliphatic heterocycles. The van der Waals surface area contributed by atoms with Crippen molar-refractivity contribution in [3.63, 3.8) is 0 Å². The van der Waals surface area contributed by atoms with E-state index in [2.05, 4.69) is 9.47 Å². The molecule has 0 spiro atoms. The summed E-state index contributed by atoms with van der Waals surface area (Å²) < 4.78 is 9.14. The fourth-order valence-electron chi connectivity index (χ4n) is 2.00. The van der Waals surface area contributed by atoms with E-state index < -0.39 is 23.8 Å². The first-order chi connectivity index (χ1) is 10.5. The Hall–Kier alpha value is -2.86. The quantitative estimate of drug-likeness (QED) is 0.736. The number of carbonyl (C=O) groups excluding carboxylic acids is 2. The molecule has 0 aromatic heterocycles. The van der Waals surface area contributed by atoms with Crippen LogP contribution in [0.4, 0.5) is 0 Å². The van der Waals surface area contributed by atoms with E-state index in [0.717, 1.165) is 11.1 Å². The smallest absolute Gasteiger partial charge is 0.323 e. The number of rotatable bonds is 6. The topological polar surface area (TPSA) is 100 Å². The fraction of sp³-hybridized carbons (Fsp3) is 0.375. The van der Waals surface area contributed by atoms with E-state index in [0.29, 0.717) is 0 Å². The molecule has 2 atom stereocenters. The monoisotopic (exact) mass is 300 g/mol. The van der Waals surface area contributed by atoms with Crippen molar-refractivity contribution in [2.75, 3.05) is 14.2 Å². The van der Waals surface area contributed by atoms with Gasteiger partial charge < -0.3 is 9.47 Å². The minimum absolute atomic E-state index is 0.215. The van der Waals surface area contributed by atoms with Crippen LogP contribution in [0.3, 0.4) is 0 Å². The average molecular weight is 300 g/mol. The van der Waals surface area contributed by atoms with Crippen LogP contribution in [0.5, 0.6) is 0 Å². The Morgan fingerprint density at radius 2 is 1.41 bits per heavy atom. The van der Waals surface area contributed by atoms with E-state index in [4.69, 9.17) is 10.5 Å². The molecule has 2 unspecified atom stereocenters. The fourth-order valence-corrected chi connectivity index (χ4v) is 2.00. The molecule has 0 aliphatic carbocycles. The van der Waals surface area contributed by atoms with Crippen LogP contribution in [0.1, 0.15) is 11.1 Å². The first-order valence-corrected chi connectivity index (χ1v) is 6.58. The van der Waals surface area contributed by atoms with E-state index in [1.807, 2.05) is 12.1 Å². The molecule has 0 bridgehead atoms. The highest BCUT2D eigenvalue weighted by atomic mass is 16.5. The number of hydrogen-bond donors (Lipinski definition) is 0. The summed E-state index contributed by atoms with van der Waals surface area (Å²) in [4.78, 5) is 22.9. The summed E-state index contributed by atoms with van der Waals surface area (Å²) >= 11 is 0. The minimum atomic E-state index is -0.882. The van der Waals surface area contributed by atoms with Gasteiger partial charge in [-0.3, -0.25) is 9.59 Å². The molecule has 1 aromatic carbocycles. The summed E-state index contributed by atoms with van der Waals surface area (Å²) in [6.45, 7) is 0. The molecule has 0 amide bonds. The van der Waals surface area contributed by atoms with Crippen molar-refractivity contribution in [1.82, 2.24) is 0 Å². The van der Waals surface area contributed by atoms with Gasteiger partial charge in [-0.15, -0.1) is 0 Å². The van der Waals surface area contributed by atoms with Crippen LogP contribution in [0.2, 0.25) is 0 Å². The second-order valence-corrected chi connectivity index (χ2v) is 4.64. The predicted molar refractivity (Wildman–Crippen MR) is 76.1 cm³/mol. The van der Waals surface area contributed by atoms with Crippen molar-refractivity contribution in [3.8, 4) is 12.1 Å². The molecule has 1 rings (SSSR count). The molecule has 0 saturated heterocycles. The van der Waals surface area contributed by atoms with Crippen molar-refractivity contribution >= 4 is 11.9 Å². The lowest BCUT2D eigenvalue weighted by molar-refractivity contribution is -0.144. The second kappa shape index (κ2) is 8.43. The first-order valence-electron chi connectivity index (χ1n) is 6.58.